The van der Waals surface area contributed by atoms with Gasteiger partial charge in [-0.3, -0.25) is 4.90 Å². The number of nitrogens with one attached hydrogen (secondary N) is 1. The highest BCUT2D eigenvalue weighted by Gasteiger charge is 2.30. The molecule has 0 aromatic heterocycles. The van der Waals surface area contributed by atoms with Gasteiger partial charge in [-0.1, -0.05) is 0 Å². The number of piperidine rings is 1. The predicted molar refractivity (Wildman–Crippen MR) is 66.6 cm³/mol. The van der Waals surface area contributed by atoms with Crippen LogP contribution in [0, 0.1) is 5.92 Å². The van der Waals surface area contributed by atoms with Crippen LogP contribution < -0.4 is 5.32 Å². The van der Waals surface area contributed by atoms with Crippen LogP contribution in [0.1, 0.15) is 33.6 Å². The zero-order chi connectivity index (χ0) is 11.5. The minimum absolute atomic E-state index is 0.396. The van der Waals surface area contributed by atoms with E-state index in [1.807, 2.05) is 0 Å². The lowest BCUT2D eigenvalue weighted by Gasteiger charge is -2.42. The van der Waals surface area contributed by atoms with E-state index in [9.17, 15) is 0 Å². The van der Waals surface area contributed by atoms with E-state index < -0.39 is 0 Å². The Morgan fingerprint density at radius 2 is 1.69 bits per heavy atom. The first-order valence-electron chi connectivity index (χ1n) is 6.77. The average Bonchev–Trinajstić information content (AvgIpc) is 2.28. The van der Waals surface area contributed by atoms with E-state index in [1.165, 1.54) is 25.9 Å². The molecule has 2 saturated heterocycles. The van der Waals surface area contributed by atoms with Crippen molar-refractivity contribution in [1.29, 1.82) is 0 Å². The smallest absolute Gasteiger partial charge is 0.0678 e. The highest BCUT2D eigenvalue weighted by Crippen LogP contribution is 2.23. The van der Waals surface area contributed by atoms with Crippen LogP contribution in [0.25, 0.3) is 0 Å². The lowest BCUT2D eigenvalue weighted by atomic mass is 9.89. The molecule has 0 radical (unpaired) electrons. The third-order valence-corrected chi connectivity index (χ3v) is 4.09. The normalized spacial score (nSPS) is 36.2. The molecule has 3 nitrogen and oxygen atoms in total. The lowest BCUT2D eigenvalue weighted by molar-refractivity contribution is -0.0859. The summed E-state index contributed by atoms with van der Waals surface area (Å²) >= 11 is 0. The van der Waals surface area contributed by atoms with Crippen LogP contribution in [0.4, 0.5) is 0 Å². The van der Waals surface area contributed by atoms with Crippen LogP contribution in [0.3, 0.4) is 0 Å². The van der Waals surface area contributed by atoms with Gasteiger partial charge >= 0.3 is 0 Å². The van der Waals surface area contributed by atoms with Crippen molar-refractivity contribution in [1.82, 2.24) is 10.2 Å². The average molecular weight is 226 g/mol. The second-order valence-corrected chi connectivity index (χ2v) is 5.54. The molecule has 3 heteroatoms. The van der Waals surface area contributed by atoms with Crippen molar-refractivity contribution in [3.05, 3.63) is 0 Å². The Morgan fingerprint density at radius 3 is 2.25 bits per heavy atom. The second kappa shape index (κ2) is 5.48. The summed E-state index contributed by atoms with van der Waals surface area (Å²) in [4.78, 5) is 2.63. The molecule has 0 amide bonds. The number of rotatable bonds is 2. The van der Waals surface area contributed by atoms with E-state index in [0.717, 1.165) is 25.0 Å². The van der Waals surface area contributed by atoms with E-state index in [-0.39, 0.29) is 0 Å². The molecule has 0 saturated carbocycles. The molecule has 0 bridgehead atoms. The van der Waals surface area contributed by atoms with E-state index >= 15 is 0 Å². The molecule has 3 unspecified atom stereocenters. The van der Waals surface area contributed by atoms with Crippen molar-refractivity contribution in [3.8, 4) is 0 Å². The summed E-state index contributed by atoms with van der Waals surface area (Å²) in [5.74, 6) is 0.874. The molecule has 94 valence electrons. The van der Waals surface area contributed by atoms with Gasteiger partial charge in [0.15, 0.2) is 0 Å². The standard InChI is InChI=1S/C13H26N2O/c1-10-8-15(9-11(2)16-10)12(3)13-4-6-14-7-5-13/h10-14H,4-9H2,1-3H3. The predicted octanol–water partition coefficient (Wildman–Crippen LogP) is 1.48. The van der Waals surface area contributed by atoms with Crippen molar-refractivity contribution in [2.75, 3.05) is 26.2 Å². The summed E-state index contributed by atoms with van der Waals surface area (Å²) in [6, 6.07) is 0.718. The number of hydrogen-bond acceptors (Lipinski definition) is 3. The number of hydrogen-bond donors (Lipinski definition) is 1. The molecule has 2 fully saturated rings. The molecule has 2 aliphatic heterocycles. The Bertz CT molecular complexity index is 206. The molecule has 3 atom stereocenters. The fourth-order valence-corrected chi connectivity index (χ4v) is 3.18. The summed E-state index contributed by atoms with van der Waals surface area (Å²) in [6.07, 6.45) is 3.46. The van der Waals surface area contributed by atoms with E-state index in [1.54, 1.807) is 0 Å². The fourth-order valence-electron chi connectivity index (χ4n) is 3.18. The first-order chi connectivity index (χ1) is 7.66. The molecule has 1 N–H and O–H groups in total. The largest absolute Gasteiger partial charge is 0.373 e. The topological polar surface area (TPSA) is 24.5 Å². The van der Waals surface area contributed by atoms with Crippen molar-refractivity contribution >= 4 is 0 Å². The van der Waals surface area contributed by atoms with Gasteiger partial charge < -0.3 is 10.1 Å². The maximum Gasteiger partial charge on any atom is 0.0678 e. The molecule has 0 aromatic carbocycles. The Hall–Kier alpha value is -0.120. The van der Waals surface area contributed by atoms with Gasteiger partial charge in [0, 0.05) is 19.1 Å². The minimum atomic E-state index is 0.396. The minimum Gasteiger partial charge on any atom is -0.373 e. The van der Waals surface area contributed by atoms with Gasteiger partial charge in [-0.2, -0.15) is 0 Å². The van der Waals surface area contributed by atoms with Crippen LogP contribution in [0.5, 0.6) is 0 Å². The van der Waals surface area contributed by atoms with Crippen molar-refractivity contribution in [2.24, 2.45) is 5.92 Å². The first kappa shape index (κ1) is 12.3. The van der Waals surface area contributed by atoms with Crippen LogP contribution in [0.15, 0.2) is 0 Å². The van der Waals surface area contributed by atoms with E-state index in [2.05, 4.69) is 31.0 Å². The Kier molecular flexibility index (Phi) is 4.22. The summed E-state index contributed by atoms with van der Waals surface area (Å²) in [7, 11) is 0. The fraction of sp³-hybridized carbons (Fsp3) is 1.00. The second-order valence-electron chi connectivity index (χ2n) is 5.54. The van der Waals surface area contributed by atoms with Gasteiger partial charge in [0.05, 0.1) is 12.2 Å². The number of ether oxygens (including phenoxy) is 1. The molecule has 0 aromatic rings. The Balaban J connectivity index is 1.89. The quantitative estimate of drug-likeness (QED) is 0.772. The highest BCUT2D eigenvalue weighted by atomic mass is 16.5. The molecule has 2 rings (SSSR count). The number of nitrogens with zero attached hydrogens (tertiary/aromatic N) is 1. The summed E-state index contributed by atoms with van der Waals surface area (Å²) in [5, 5.41) is 3.45. The third-order valence-electron chi connectivity index (χ3n) is 4.09. The summed E-state index contributed by atoms with van der Waals surface area (Å²) in [6.45, 7) is 11.4. The zero-order valence-corrected chi connectivity index (χ0v) is 10.9. The highest BCUT2D eigenvalue weighted by molar-refractivity contribution is 4.84. The molecule has 0 spiro atoms. The Labute approximate surface area is 99.5 Å². The third kappa shape index (κ3) is 2.96. The van der Waals surface area contributed by atoms with Crippen LogP contribution in [-0.4, -0.2) is 49.3 Å². The molecule has 0 aliphatic carbocycles. The maximum absolute atomic E-state index is 5.80. The molecule has 16 heavy (non-hydrogen) atoms. The SMILES string of the molecule is CC1CN(C(C)C2CCNCC2)CC(C)O1. The zero-order valence-electron chi connectivity index (χ0n) is 10.9. The van der Waals surface area contributed by atoms with Gasteiger partial charge in [-0.25, -0.2) is 0 Å². The Morgan fingerprint density at radius 1 is 1.12 bits per heavy atom. The maximum atomic E-state index is 5.80. The van der Waals surface area contributed by atoms with Crippen molar-refractivity contribution in [3.63, 3.8) is 0 Å². The van der Waals surface area contributed by atoms with Gasteiger partial charge in [0.2, 0.25) is 0 Å². The van der Waals surface area contributed by atoms with Crippen LogP contribution in [0.2, 0.25) is 0 Å². The molecular formula is C13H26N2O. The van der Waals surface area contributed by atoms with Crippen molar-refractivity contribution in [2.45, 2.75) is 51.9 Å². The van der Waals surface area contributed by atoms with Crippen LogP contribution in [-0.2, 0) is 4.74 Å². The molecule has 2 heterocycles. The van der Waals surface area contributed by atoms with E-state index in [0.29, 0.717) is 12.2 Å². The lowest BCUT2D eigenvalue weighted by Crippen LogP contribution is -2.52. The molecule has 2 aliphatic rings. The van der Waals surface area contributed by atoms with Gasteiger partial charge in [-0.15, -0.1) is 0 Å². The van der Waals surface area contributed by atoms with Crippen molar-refractivity contribution < 1.29 is 4.74 Å². The molecular weight excluding hydrogens is 200 g/mol. The monoisotopic (exact) mass is 226 g/mol. The van der Waals surface area contributed by atoms with Crippen LogP contribution >= 0.6 is 0 Å². The van der Waals surface area contributed by atoms with Gasteiger partial charge in [0.1, 0.15) is 0 Å². The first-order valence-corrected chi connectivity index (χ1v) is 6.77. The summed E-state index contributed by atoms with van der Waals surface area (Å²) < 4.78 is 5.80. The number of morpholine rings is 1. The summed E-state index contributed by atoms with van der Waals surface area (Å²) in [5.41, 5.74) is 0. The van der Waals surface area contributed by atoms with Gasteiger partial charge in [-0.05, 0) is 52.6 Å². The van der Waals surface area contributed by atoms with Gasteiger partial charge in [0.25, 0.3) is 0 Å². The van der Waals surface area contributed by atoms with E-state index in [4.69, 9.17) is 4.74 Å².